The topological polar surface area (TPSA) is 77.0 Å². The number of pyridine rings is 1. The summed E-state index contributed by atoms with van der Waals surface area (Å²) in [4.78, 5) is 16.4. The Balaban J connectivity index is 1.58. The molecule has 0 aromatic carbocycles. The van der Waals surface area contributed by atoms with E-state index < -0.39 is 0 Å². The van der Waals surface area contributed by atoms with E-state index in [0.29, 0.717) is 16.6 Å². The second-order valence-electron chi connectivity index (χ2n) is 4.75. The fourth-order valence-corrected chi connectivity index (χ4v) is 4.71. The van der Waals surface area contributed by atoms with Crippen molar-refractivity contribution in [2.75, 3.05) is 22.6 Å². The molecule has 1 atom stereocenters. The molecule has 0 aliphatic carbocycles. The molecule has 2 aromatic rings. The molecule has 1 aliphatic heterocycles. The number of thioether (sulfide) groups is 2. The Morgan fingerprint density at radius 3 is 3.09 bits per heavy atom. The van der Waals surface area contributed by atoms with Crippen LogP contribution < -0.4 is 10.1 Å². The summed E-state index contributed by atoms with van der Waals surface area (Å²) < 4.78 is 6.62. The maximum atomic E-state index is 12.2. The molecular formula is C14H16N4O2S3. The molecular weight excluding hydrogens is 352 g/mol. The van der Waals surface area contributed by atoms with Crippen molar-refractivity contribution < 1.29 is 9.53 Å². The molecule has 1 amide bonds. The summed E-state index contributed by atoms with van der Waals surface area (Å²) in [7, 11) is 0. The number of carbonyl (C=O) groups excluding carboxylic acids is 1. The molecule has 2 aromatic heterocycles. The minimum absolute atomic E-state index is 0.225. The van der Waals surface area contributed by atoms with Crippen molar-refractivity contribution >= 4 is 45.9 Å². The number of nitrogens with zero attached hydrogens (tertiary/aromatic N) is 3. The second kappa shape index (κ2) is 7.98. The third-order valence-corrected chi connectivity index (χ3v) is 6.05. The fraction of sp³-hybridized carbons (Fsp3) is 0.429. The fourth-order valence-electron chi connectivity index (χ4n) is 1.97. The minimum Gasteiger partial charge on any atom is -0.473 e. The summed E-state index contributed by atoms with van der Waals surface area (Å²) in [5, 5.41) is 11.2. The van der Waals surface area contributed by atoms with Crippen molar-refractivity contribution in [2.24, 2.45) is 0 Å². The zero-order valence-electron chi connectivity index (χ0n) is 12.5. The second-order valence-corrected chi connectivity index (χ2v) is 8.39. The highest BCUT2D eigenvalue weighted by Gasteiger charge is 2.18. The summed E-state index contributed by atoms with van der Waals surface area (Å²) in [5.74, 6) is 3.37. The van der Waals surface area contributed by atoms with Crippen LogP contribution in [0.3, 0.4) is 0 Å². The van der Waals surface area contributed by atoms with E-state index in [9.17, 15) is 4.79 Å². The number of aromatic nitrogens is 3. The van der Waals surface area contributed by atoms with Crippen LogP contribution >= 0.6 is 34.9 Å². The number of ether oxygens (including phenoxy) is 1. The molecule has 0 saturated carbocycles. The van der Waals surface area contributed by atoms with Gasteiger partial charge in [-0.1, -0.05) is 30.0 Å². The summed E-state index contributed by atoms with van der Waals surface area (Å²) in [5.41, 5.74) is 0.470. The number of hydrogen-bond acceptors (Lipinski definition) is 8. The van der Waals surface area contributed by atoms with Gasteiger partial charge in [-0.15, -0.1) is 10.2 Å². The van der Waals surface area contributed by atoms with Crippen molar-refractivity contribution in [1.29, 1.82) is 0 Å². The van der Waals surface area contributed by atoms with Gasteiger partial charge < -0.3 is 4.74 Å². The number of nitrogens with one attached hydrogen (secondary N) is 1. The van der Waals surface area contributed by atoms with Crippen LogP contribution in [0.25, 0.3) is 0 Å². The maximum absolute atomic E-state index is 12.2. The van der Waals surface area contributed by atoms with E-state index in [2.05, 4.69) is 20.5 Å². The van der Waals surface area contributed by atoms with Gasteiger partial charge in [0.05, 0.1) is 5.56 Å². The molecule has 1 saturated heterocycles. The average Bonchev–Trinajstić information content (AvgIpc) is 3.21. The Labute approximate surface area is 146 Å². The van der Waals surface area contributed by atoms with E-state index >= 15 is 0 Å². The predicted octanol–water partition coefficient (Wildman–Crippen LogP) is 3.18. The number of hydrogen-bond donors (Lipinski definition) is 1. The molecule has 3 heterocycles. The molecule has 23 heavy (non-hydrogen) atoms. The third kappa shape index (κ3) is 4.58. The number of carbonyl (C=O) groups is 1. The summed E-state index contributed by atoms with van der Waals surface area (Å²) in [6, 6.07) is 3.44. The zero-order valence-corrected chi connectivity index (χ0v) is 15.0. The molecule has 0 radical (unpaired) electrons. The largest absolute Gasteiger partial charge is 0.473 e. The first-order chi connectivity index (χ1) is 11.2. The molecule has 1 aliphatic rings. The quantitative estimate of drug-likeness (QED) is 0.620. The molecule has 1 N–H and O–H groups in total. The summed E-state index contributed by atoms with van der Waals surface area (Å²) in [6.45, 7) is 2.05. The normalized spacial score (nSPS) is 17.2. The lowest BCUT2D eigenvalue weighted by Crippen LogP contribution is -2.16. The van der Waals surface area contributed by atoms with Crippen LogP contribution in [0.5, 0.6) is 5.88 Å². The van der Waals surface area contributed by atoms with Gasteiger partial charge in [0.1, 0.15) is 6.10 Å². The summed E-state index contributed by atoms with van der Waals surface area (Å²) in [6.07, 6.45) is 2.79. The van der Waals surface area contributed by atoms with Gasteiger partial charge in [0.2, 0.25) is 11.0 Å². The van der Waals surface area contributed by atoms with Crippen LogP contribution in [0.2, 0.25) is 0 Å². The van der Waals surface area contributed by atoms with E-state index in [1.807, 2.05) is 18.7 Å². The molecule has 3 rings (SSSR count). The van der Waals surface area contributed by atoms with Crippen molar-refractivity contribution in [3.63, 3.8) is 0 Å². The van der Waals surface area contributed by atoms with Crippen molar-refractivity contribution in [2.45, 2.75) is 23.8 Å². The van der Waals surface area contributed by atoms with Crippen LogP contribution in [-0.4, -0.2) is 44.5 Å². The Hall–Kier alpha value is -1.32. The van der Waals surface area contributed by atoms with Gasteiger partial charge in [0.25, 0.3) is 5.91 Å². The van der Waals surface area contributed by atoms with Crippen LogP contribution in [0.15, 0.2) is 22.7 Å². The van der Waals surface area contributed by atoms with Crippen LogP contribution in [-0.2, 0) is 0 Å². The molecule has 0 spiro atoms. The molecule has 9 heteroatoms. The molecule has 0 bridgehead atoms. The van der Waals surface area contributed by atoms with Gasteiger partial charge >= 0.3 is 0 Å². The van der Waals surface area contributed by atoms with Crippen molar-refractivity contribution in [1.82, 2.24) is 15.2 Å². The number of anilines is 1. The Morgan fingerprint density at radius 2 is 2.39 bits per heavy atom. The van der Waals surface area contributed by atoms with Crippen LogP contribution in [0.4, 0.5) is 5.13 Å². The van der Waals surface area contributed by atoms with E-state index in [1.165, 1.54) is 17.5 Å². The Morgan fingerprint density at radius 1 is 1.48 bits per heavy atom. The minimum atomic E-state index is -0.246. The lowest BCUT2D eigenvalue weighted by Gasteiger charge is -2.11. The van der Waals surface area contributed by atoms with Gasteiger partial charge in [-0.2, -0.15) is 11.8 Å². The first kappa shape index (κ1) is 16.5. The van der Waals surface area contributed by atoms with E-state index in [0.717, 1.165) is 28.0 Å². The lowest BCUT2D eigenvalue weighted by atomic mass is 10.2. The predicted molar refractivity (Wildman–Crippen MR) is 94.9 cm³/mol. The monoisotopic (exact) mass is 368 g/mol. The Kier molecular flexibility index (Phi) is 5.74. The molecule has 6 nitrogen and oxygen atoms in total. The smallest absolute Gasteiger partial charge is 0.259 e. The number of rotatable bonds is 6. The van der Waals surface area contributed by atoms with E-state index in [4.69, 9.17) is 4.74 Å². The standard InChI is InChI=1S/C14H16N4O2S3/c1-2-22-14-18-17-13(23-14)16-12(19)9-3-4-11(15-7-9)20-10-5-6-21-8-10/h3-4,7,10H,2,5-6,8H2,1H3,(H,16,17,19)/t10-/m0/s1. The molecule has 1 fully saturated rings. The van der Waals surface area contributed by atoms with Gasteiger partial charge in [-0.25, -0.2) is 4.98 Å². The lowest BCUT2D eigenvalue weighted by molar-refractivity contribution is 0.102. The van der Waals surface area contributed by atoms with Crippen molar-refractivity contribution in [3.05, 3.63) is 23.9 Å². The highest BCUT2D eigenvalue weighted by molar-refractivity contribution is 8.01. The molecule has 122 valence electrons. The third-order valence-electron chi connectivity index (χ3n) is 3.07. The van der Waals surface area contributed by atoms with E-state index in [1.54, 1.807) is 23.9 Å². The molecule has 0 unspecified atom stereocenters. The highest BCUT2D eigenvalue weighted by atomic mass is 32.2. The van der Waals surface area contributed by atoms with Gasteiger partial charge in [-0.3, -0.25) is 10.1 Å². The van der Waals surface area contributed by atoms with Gasteiger partial charge in [0, 0.05) is 18.0 Å². The van der Waals surface area contributed by atoms with Gasteiger partial charge in [-0.05, 0) is 24.0 Å². The Bertz CT molecular complexity index is 656. The zero-order chi connectivity index (χ0) is 16.1. The maximum Gasteiger partial charge on any atom is 0.259 e. The SMILES string of the molecule is CCSc1nnc(NC(=O)c2ccc(O[C@H]3CCSC3)nc2)s1. The number of amides is 1. The van der Waals surface area contributed by atoms with Gasteiger partial charge in [0.15, 0.2) is 4.34 Å². The summed E-state index contributed by atoms with van der Waals surface area (Å²) >= 11 is 4.85. The van der Waals surface area contributed by atoms with E-state index in [-0.39, 0.29) is 12.0 Å². The highest BCUT2D eigenvalue weighted by Crippen LogP contribution is 2.25. The van der Waals surface area contributed by atoms with Crippen LogP contribution in [0.1, 0.15) is 23.7 Å². The first-order valence-corrected chi connectivity index (χ1v) is 10.2. The van der Waals surface area contributed by atoms with Crippen molar-refractivity contribution in [3.8, 4) is 5.88 Å². The first-order valence-electron chi connectivity index (χ1n) is 7.22. The average molecular weight is 369 g/mol. The van der Waals surface area contributed by atoms with Crippen LogP contribution in [0, 0.1) is 0 Å².